The summed E-state index contributed by atoms with van der Waals surface area (Å²) in [5, 5.41) is 3.92. The van der Waals surface area contributed by atoms with Crippen molar-refractivity contribution in [1.29, 1.82) is 0 Å². The Morgan fingerprint density at radius 3 is 2.54 bits per heavy atom. The predicted octanol–water partition coefficient (Wildman–Crippen LogP) is 6.35. The molecular weight excluding hydrogens is 504 g/mol. The van der Waals surface area contributed by atoms with E-state index >= 15 is 0 Å². The minimum Gasteiger partial charge on any atom is -0.333 e. The van der Waals surface area contributed by atoms with E-state index in [-0.39, 0.29) is 17.4 Å². The van der Waals surface area contributed by atoms with Gasteiger partial charge in [-0.2, -0.15) is 13.9 Å². The van der Waals surface area contributed by atoms with Gasteiger partial charge in [0, 0.05) is 40.9 Å². The summed E-state index contributed by atoms with van der Waals surface area (Å²) in [6, 6.07) is 9.05. The monoisotopic (exact) mass is 526 g/mol. The minimum absolute atomic E-state index is 0.0411. The van der Waals surface area contributed by atoms with Gasteiger partial charge in [-0.1, -0.05) is 30.8 Å². The molecule has 1 amide bonds. The second-order valence-corrected chi connectivity index (χ2v) is 10.3. The van der Waals surface area contributed by atoms with Gasteiger partial charge in [-0.3, -0.25) is 9.78 Å². The van der Waals surface area contributed by atoms with Crippen molar-refractivity contribution in [3.8, 4) is 16.8 Å². The van der Waals surface area contributed by atoms with Crippen LogP contribution in [0.1, 0.15) is 39.4 Å². The molecule has 1 atom stereocenters. The number of benzene rings is 1. The summed E-state index contributed by atoms with van der Waals surface area (Å²) in [6.45, 7) is 7.03. The van der Waals surface area contributed by atoms with Crippen LogP contribution in [0.2, 0.25) is 0 Å². The van der Waals surface area contributed by atoms with E-state index in [1.807, 2.05) is 13.0 Å². The van der Waals surface area contributed by atoms with Crippen molar-refractivity contribution >= 4 is 17.2 Å². The zero-order valence-electron chi connectivity index (χ0n) is 20.0. The Kier molecular flexibility index (Phi) is 6.23. The average Bonchev–Trinajstić information content (AvgIpc) is 3.46. The van der Waals surface area contributed by atoms with Crippen LogP contribution in [-0.4, -0.2) is 32.1 Å². The number of aromatic nitrogens is 3. The van der Waals surface area contributed by atoms with Crippen LogP contribution in [0.4, 0.5) is 17.6 Å². The van der Waals surface area contributed by atoms with E-state index in [9.17, 15) is 22.4 Å². The zero-order valence-corrected chi connectivity index (χ0v) is 20.8. The van der Waals surface area contributed by atoms with Gasteiger partial charge in [0.05, 0.1) is 18.9 Å². The van der Waals surface area contributed by atoms with Crippen LogP contribution in [0.25, 0.3) is 16.8 Å². The number of alkyl halides is 2. The van der Waals surface area contributed by atoms with Crippen molar-refractivity contribution in [2.75, 3.05) is 6.54 Å². The van der Waals surface area contributed by atoms with E-state index in [2.05, 4.69) is 22.7 Å². The molecule has 0 unspecified atom stereocenters. The van der Waals surface area contributed by atoms with Gasteiger partial charge in [0.1, 0.15) is 11.4 Å². The number of nitrogens with zero attached hydrogens (tertiary/aromatic N) is 4. The Hall–Kier alpha value is -3.79. The van der Waals surface area contributed by atoms with Gasteiger partial charge < -0.3 is 4.90 Å². The van der Waals surface area contributed by atoms with E-state index in [1.165, 1.54) is 12.3 Å². The molecular formula is C27H22F4N4OS. The summed E-state index contributed by atoms with van der Waals surface area (Å²) in [7, 11) is 0. The van der Waals surface area contributed by atoms with Gasteiger partial charge in [-0.05, 0) is 35.8 Å². The van der Waals surface area contributed by atoms with Crippen LogP contribution < -0.4 is 0 Å². The summed E-state index contributed by atoms with van der Waals surface area (Å²) >= 11 is 1.58. The average molecular weight is 527 g/mol. The van der Waals surface area contributed by atoms with Crippen molar-refractivity contribution in [2.24, 2.45) is 0 Å². The molecule has 4 heterocycles. The second kappa shape index (κ2) is 9.26. The Morgan fingerprint density at radius 1 is 1.16 bits per heavy atom. The molecule has 0 bridgehead atoms. The Labute approximate surface area is 214 Å². The Balaban J connectivity index is 1.71. The molecule has 10 heteroatoms. The molecule has 1 aliphatic rings. The van der Waals surface area contributed by atoms with E-state index < -0.39 is 28.9 Å². The lowest BCUT2D eigenvalue weighted by molar-refractivity contribution is -0.127. The maximum atomic E-state index is 14.8. The van der Waals surface area contributed by atoms with Crippen LogP contribution in [0.3, 0.4) is 0 Å². The van der Waals surface area contributed by atoms with Crippen molar-refractivity contribution < 1.29 is 22.4 Å². The first-order valence-electron chi connectivity index (χ1n) is 11.5. The molecule has 37 heavy (non-hydrogen) atoms. The maximum absolute atomic E-state index is 14.8. The smallest absolute Gasteiger partial charge is 0.289 e. The lowest BCUT2D eigenvalue weighted by Gasteiger charge is -2.33. The molecule has 3 aromatic heterocycles. The van der Waals surface area contributed by atoms with E-state index in [0.29, 0.717) is 31.1 Å². The number of pyridine rings is 1. The minimum atomic E-state index is -3.41. The number of halogens is 4. The highest BCUT2D eigenvalue weighted by Gasteiger charge is 2.36. The van der Waals surface area contributed by atoms with Crippen LogP contribution >= 0.6 is 11.3 Å². The number of aryl methyl sites for hydroxylation is 1. The lowest BCUT2D eigenvalue weighted by atomic mass is 9.83. The largest absolute Gasteiger partial charge is 0.333 e. The normalized spacial score (nSPS) is 15.5. The van der Waals surface area contributed by atoms with Crippen molar-refractivity contribution in [3.63, 3.8) is 0 Å². The van der Waals surface area contributed by atoms with Gasteiger partial charge in [0.25, 0.3) is 5.92 Å². The Morgan fingerprint density at radius 2 is 1.86 bits per heavy atom. The molecule has 5 nitrogen and oxygen atoms in total. The third-order valence-corrected chi connectivity index (χ3v) is 7.43. The van der Waals surface area contributed by atoms with Crippen molar-refractivity contribution in [1.82, 2.24) is 19.7 Å². The molecule has 1 aromatic carbocycles. The number of thiophene rings is 1. The highest BCUT2D eigenvalue weighted by Crippen LogP contribution is 2.44. The zero-order chi connectivity index (χ0) is 26.5. The number of carbonyl (C=O) groups excluding carboxylic acids is 1. The molecule has 0 N–H and O–H groups in total. The van der Waals surface area contributed by atoms with Gasteiger partial charge in [-0.15, -0.1) is 11.3 Å². The number of amides is 1. The summed E-state index contributed by atoms with van der Waals surface area (Å²) in [4.78, 5) is 19.8. The van der Waals surface area contributed by atoms with E-state index in [4.69, 9.17) is 0 Å². The SMILES string of the molecule is C=CC(=O)N1Cc2sc(C)cc2[C@H](c2ccccc2-c2cn(-c3c(F)cncc3F)nc2C(C)(F)F)C1. The topological polar surface area (TPSA) is 51.0 Å². The van der Waals surface area contributed by atoms with Crippen molar-refractivity contribution in [2.45, 2.75) is 32.2 Å². The van der Waals surface area contributed by atoms with Crippen LogP contribution in [0.15, 0.2) is 61.6 Å². The molecule has 190 valence electrons. The molecule has 0 spiro atoms. The number of fused-ring (bicyclic) bond motifs is 1. The summed E-state index contributed by atoms with van der Waals surface area (Å²) in [5.41, 5.74) is 0.982. The lowest BCUT2D eigenvalue weighted by Crippen LogP contribution is -2.37. The summed E-state index contributed by atoms with van der Waals surface area (Å²) in [6.07, 6.45) is 4.06. The van der Waals surface area contributed by atoms with Crippen LogP contribution in [0, 0.1) is 18.6 Å². The molecule has 0 fully saturated rings. The van der Waals surface area contributed by atoms with Gasteiger partial charge >= 0.3 is 0 Å². The van der Waals surface area contributed by atoms with Gasteiger partial charge in [0.15, 0.2) is 11.6 Å². The number of hydrogen-bond donors (Lipinski definition) is 0. The Bertz CT molecular complexity index is 1500. The standard InChI is InChI=1S/C27H22F4N4OS/c1-4-24(36)34-12-19(18-9-15(2)37-23(18)14-34)16-7-5-6-8-17(16)20-13-35(33-26(20)27(3,30)31)25-21(28)10-32-11-22(25)29/h4-11,13,19H,1,12,14H2,2-3H3/t19-/m0/s1. The fraction of sp³-hybridized carbons (Fsp3) is 0.222. The van der Waals surface area contributed by atoms with Crippen LogP contribution in [-0.2, 0) is 17.3 Å². The van der Waals surface area contributed by atoms with Crippen molar-refractivity contribution in [3.05, 3.63) is 99.8 Å². The number of hydrogen-bond acceptors (Lipinski definition) is 4. The first-order valence-corrected chi connectivity index (χ1v) is 12.3. The first kappa shape index (κ1) is 24.9. The first-order chi connectivity index (χ1) is 17.6. The quantitative estimate of drug-likeness (QED) is 0.225. The van der Waals surface area contributed by atoms with Crippen LogP contribution in [0.5, 0.6) is 0 Å². The summed E-state index contributed by atoms with van der Waals surface area (Å²) < 4.78 is 59.4. The highest BCUT2D eigenvalue weighted by molar-refractivity contribution is 7.12. The van der Waals surface area contributed by atoms with E-state index in [0.717, 1.165) is 32.4 Å². The molecule has 0 saturated carbocycles. The molecule has 4 aromatic rings. The molecule has 0 aliphatic carbocycles. The highest BCUT2D eigenvalue weighted by atomic mass is 32.1. The second-order valence-electron chi connectivity index (χ2n) is 8.97. The predicted molar refractivity (Wildman–Crippen MR) is 133 cm³/mol. The van der Waals surface area contributed by atoms with E-state index in [1.54, 1.807) is 34.4 Å². The molecule has 5 rings (SSSR count). The summed E-state index contributed by atoms with van der Waals surface area (Å²) in [5.74, 6) is -6.01. The number of rotatable bonds is 5. The third kappa shape index (κ3) is 4.46. The fourth-order valence-electron chi connectivity index (χ4n) is 4.80. The molecule has 0 saturated heterocycles. The van der Waals surface area contributed by atoms with Gasteiger partial charge in [-0.25, -0.2) is 13.5 Å². The maximum Gasteiger partial charge on any atom is 0.289 e. The third-order valence-electron chi connectivity index (χ3n) is 6.38. The fourth-order valence-corrected chi connectivity index (χ4v) is 5.91. The molecule has 0 radical (unpaired) electrons. The molecule has 1 aliphatic heterocycles. The van der Waals surface area contributed by atoms with Gasteiger partial charge in [0.2, 0.25) is 5.91 Å². The number of carbonyl (C=O) groups is 1.